The fourth-order valence-electron chi connectivity index (χ4n) is 1.36. The van der Waals surface area contributed by atoms with E-state index < -0.39 is 0 Å². The van der Waals surface area contributed by atoms with Crippen LogP contribution < -0.4 is 5.73 Å². The molecule has 68 valence electrons. The van der Waals surface area contributed by atoms with Gasteiger partial charge in [0, 0.05) is 13.0 Å². The van der Waals surface area contributed by atoms with Crippen molar-refractivity contribution >= 4 is 5.82 Å². The van der Waals surface area contributed by atoms with Gasteiger partial charge in [0.2, 0.25) is 0 Å². The molecule has 0 fully saturated rings. The zero-order valence-electron chi connectivity index (χ0n) is 8.26. The Kier molecular flexibility index (Phi) is 2.40. The summed E-state index contributed by atoms with van der Waals surface area (Å²) < 4.78 is 1.98. The highest BCUT2D eigenvalue weighted by Crippen LogP contribution is 2.19. The van der Waals surface area contributed by atoms with Crippen molar-refractivity contribution in [2.75, 3.05) is 5.73 Å². The standard InChI is InChI=1S/C9H17N3/c1-5-7-8(10)12(4)9(11-7)6(2)3/h6H,5,10H2,1-4H3. The molecule has 0 aliphatic rings. The van der Waals surface area contributed by atoms with Crippen molar-refractivity contribution in [1.29, 1.82) is 0 Å². The van der Waals surface area contributed by atoms with Gasteiger partial charge in [0.05, 0.1) is 5.69 Å². The summed E-state index contributed by atoms with van der Waals surface area (Å²) in [6.45, 7) is 6.32. The summed E-state index contributed by atoms with van der Waals surface area (Å²) in [5.41, 5.74) is 6.87. The van der Waals surface area contributed by atoms with Crippen LogP contribution in [0.25, 0.3) is 0 Å². The Balaban J connectivity index is 3.16. The number of hydrogen-bond donors (Lipinski definition) is 1. The molecule has 0 aliphatic heterocycles. The number of nitrogens with two attached hydrogens (primary N) is 1. The first kappa shape index (κ1) is 9.10. The van der Waals surface area contributed by atoms with Gasteiger partial charge in [-0.1, -0.05) is 20.8 Å². The van der Waals surface area contributed by atoms with Gasteiger partial charge in [0.15, 0.2) is 0 Å². The van der Waals surface area contributed by atoms with Crippen molar-refractivity contribution in [2.45, 2.75) is 33.1 Å². The average Bonchev–Trinajstić information content (AvgIpc) is 2.30. The number of nitrogen functional groups attached to an aromatic ring is 1. The molecule has 3 nitrogen and oxygen atoms in total. The number of anilines is 1. The monoisotopic (exact) mass is 167 g/mol. The van der Waals surface area contributed by atoms with Gasteiger partial charge in [-0.25, -0.2) is 4.98 Å². The van der Waals surface area contributed by atoms with Gasteiger partial charge in [-0.2, -0.15) is 0 Å². The Bertz CT molecular complexity index is 274. The lowest BCUT2D eigenvalue weighted by atomic mass is 10.2. The van der Waals surface area contributed by atoms with E-state index in [0.29, 0.717) is 5.92 Å². The van der Waals surface area contributed by atoms with E-state index in [1.807, 2.05) is 11.6 Å². The van der Waals surface area contributed by atoms with E-state index in [1.54, 1.807) is 0 Å². The van der Waals surface area contributed by atoms with E-state index in [0.717, 1.165) is 23.8 Å². The van der Waals surface area contributed by atoms with Crippen LogP contribution in [0.2, 0.25) is 0 Å². The molecule has 0 radical (unpaired) electrons. The molecule has 0 bridgehead atoms. The predicted octanol–water partition coefficient (Wildman–Crippen LogP) is 1.69. The Morgan fingerprint density at radius 1 is 1.50 bits per heavy atom. The lowest BCUT2D eigenvalue weighted by Gasteiger charge is -2.04. The van der Waals surface area contributed by atoms with Crippen LogP contribution in [0.1, 0.15) is 38.2 Å². The van der Waals surface area contributed by atoms with E-state index in [1.165, 1.54) is 0 Å². The molecule has 12 heavy (non-hydrogen) atoms. The number of hydrogen-bond acceptors (Lipinski definition) is 2. The molecule has 0 spiro atoms. The van der Waals surface area contributed by atoms with Gasteiger partial charge in [-0.3, -0.25) is 0 Å². The maximum atomic E-state index is 5.85. The first-order chi connectivity index (χ1) is 5.57. The summed E-state index contributed by atoms with van der Waals surface area (Å²) in [4.78, 5) is 4.47. The highest BCUT2D eigenvalue weighted by atomic mass is 15.1. The van der Waals surface area contributed by atoms with Crippen LogP contribution in [0, 0.1) is 0 Å². The van der Waals surface area contributed by atoms with Crippen molar-refractivity contribution < 1.29 is 0 Å². The van der Waals surface area contributed by atoms with Crippen LogP contribution in [0.15, 0.2) is 0 Å². The van der Waals surface area contributed by atoms with Crippen LogP contribution in [-0.2, 0) is 13.5 Å². The zero-order chi connectivity index (χ0) is 9.30. The fourth-order valence-corrected chi connectivity index (χ4v) is 1.36. The van der Waals surface area contributed by atoms with Gasteiger partial charge >= 0.3 is 0 Å². The second kappa shape index (κ2) is 3.17. The third kappa shape index (κ3) is 1.31. The zero-order valence-corrected chi connectivity index (χ0v) is 8.26. The summed E-state index contributed by atoms with van der Waals surface area (Å²) >= 11 is 0. The molecule has 1 rings (SSSR count). The van der Waals surface area contributed by atoms with Crippen LogP contribution in [-0.4, -0.2) is 9.55 Å². The van der Waals surface area contributed by atoms with E-state index in [2.05, 4.69) is 25.8 Å². The van der Waals surface area contributed by atoms with Crippen LogP contribution in [0.5, 0.6) is 0 Å². The Hall–Kier alpha value is -0.990. The smallest absolute Gasteiger partial charge is 0.126 e. The van der Waals surface area contributed by atoms with Crippen molar-refractivity contribution in [3.05, 3.63) is 11.5 Å². The minimum Gasteiger partial charge on any atom is -0.384 e. The van der Waals surface area contributed by atoms with E-state index >= 15 is 0 Å². The topological polar surface area (TPSA) is 43.8 Å². The summed E-state index contributed by atoms with van der Waals surface area (Å²) in [6, 6.07) is 0. The number of nitrogens with zero attached hydrogens (tertiary/aromatic N) is 2. The highest BCUT2D eigenvalue weighted by Gasteiger charge is 2.12. The third-order valence-corrected chi connectivity index (χ3v) is 2.10. The second-order valence-electron chi connectivity index (χ2n) is 3.37. The molecule has 0 saturated heterocycles. The molecule has 0 atom stereocenters. The largest absolute Gasteiger partial charge is 0.384 e. The first-order valence-electron chi connectivity index (χ1n) is 4.38. The Morgan fingerprint density at radius 2 is 2.08 bits per heavy atom. The highest BCUT2D eigenvalue weighted by molar-refractivity contribution is 5.38. The average molecular weight is 167 g/mol. The number of imidazole rings is 1. The van der Waals surface area contributed by atoms with Crippen molar-refractivity contribution in [2.24, 2.45) is 7.05 Å². The molecule has 0 aromatic carbocycles. The molecule has 1 aromatic rings. The SMILES string of the molecule is CCc1nc(C(C)C)n(C)c1N. The Labute approximate surface area is 73.6 Å². The maximum absolute atomic E-state index is 5.85. The lowest BCUT2D eigenvalue weighted by molar-refractivity contribution is 0.714. The molecule has 0 amide bonds. The molecule has 0 unspecified atom stereocenters. The van der Waals surface area contributed by atoms with Crippen molar-refractivity contribution in [3.63, 3.8) is 0 Å². The summed E-state index contributed by atoms with van der Waals surface area (Å²) in [5, 5.41) is 0. The molecule has 1 heterocycles. The summed E-state index contributed by atoms with van der Waals surface area (Å²) in [5.74, 6) is 2.32. The van der Waals surface area contributed by atoms with Crippen LogP contribution in [0.4, 0.5) is 5.82 Å². The maximum Gasteiger partial charge on any atom is 0.126 e. The summed E-state index contributed by atoms with van der Waals surface area (Å²) in [6.07, 6.45) is 0.909. The second-order valence-corrected chi connectivity index (χ2v) is 3.37. The molecule has 2 N–H and O–H groups in total. The minimum atomic E-state index is 0.442. The van der Waals surface area contributed by atoms with Gasteiger partial charge < -0.3 is 10.3 Å². The summed E-state index contributed by atoms with van der Waals surface area (Å²) in [7, 11) is 1.97. The molecular formula is C9H17N3. The van der Waals surface area contributed by atoms with Gasteiger partial charge in [-0.15, -0.1) is 0 Å². The van der Waals surface area contributed by atoms with Gasteiger partial charge in [-0.05, 0) is 6.42 Å². The number of rotatable bonds is 2. The predicted molar refractivity (Wildman–Crippen MR) is 51.1 cm³/mol. The molecular weight excluding hydrogens is 150 g/mol. The number of aromatic nitrogens is 2. The van der Waals surface area contributed by atoms with Crippen molar-refractivity contribution in [3.8, 4) is 0 Å². The van der Waals surface area contributed by atoms with E-state index in [-0.39, 0.29) is 0 Å². The third-order valence-electron chi connectivity index (χ3n) is 2.10. The van der Waals surface area contributed by atoms with Gasteiger partial charge in [0.25, 0.3) is 0 Å². The lowest BCUT2D eigenvalue weighted by Crippen LogP contribution is -2.03. The number of aryl methyl sites for hydroxylation is 1. The van der Waals surface area contributed by atoms with E-state index in [4.69, 9.17) is 5.73 Å². The molecule has 0 saturated carbocycles. The Morgan fingerprint density at radius 3 is 2.33 bits per heavy atom. The van der Waals surface area contributed by atoms with E-state index in [9.17, 15) is 0 Å². The minimum absolute atomic E-state index is 0.442. The molecule has 1 aromatic heterocycles. The van der Waals surface area contributed by atoms with Crippen LogP contribution in [0.3, 0.4) is 0 Å². The molecule has 0 aliphatic carbocycles. The first-order valence-corrected chi connectivity index (χ1v) is 4.38. The quantitative estimate of drug-likeness (QED) is 0.728. The molecule has 3 heteroatoms. The normalized spacial score (nSPS) is 11.1. The van der Waals surface area contributed by atoms with Crippen molar-refractivity contribution in [1.82, 2.24) is 9.55 Å². The fraction of sp³-hybridized carbons (Fsp3) is 0.667. The van der Waals surface area contributed by atoms with Crippen LogP contribution >= 0.6 is 0 Å². The van der Waals surface area contributed by atoms with Gasteiger partial charge in [0.1, 0.15) is 11.6 Å².